The minimum absolute atomic E-state index is 0.231. The fourth-order valence-corrected chi connectivity index (χ4v) is 2.68. The van der Waals surface area contributed by atoms with Crippen molar-refractivity contribution in [2.75, 3.05) is 13.7 Å². The summed E-state index contributed by atoms with van der Waals surface area (Å²) in [6.45, 7) is 2.05. The highest BCUT2D eigenvalue weighted by Gasteiger charge is 2.30. The molecule has 0 aliphatic heterocycles. The largest absolute Gasteiger partial charge is 0.469 e. The standard InChI is InChI=1S/C19H22F3N3O3/c1-13-16(18(27)23-10-5-3-4-9-17(26)28-2)12-24-25(13)15-8-6-7-14(11-15)19(20,21)22/h6-8,11-12H,3-5,9-10H2,1-2H3,(H,23,27). The van der Waals surface area contributed by atoms with Gasteiger partial charge in [0.05, 0.1) is 35.8 Å². The number of hydrogen-bond donors (Lipinski definition) is 1. The zero-order chi connectivity index (χ0) is 20.7. The first-order valence-electron chi connectivity index (χ1n) is 8.81. The molecule has 6 nitrogen and oxygen atoms in total. The Balaban J connectivity index is 1.95. The molecule has 0 saturated heterocycles. The number of amides is 1. The number of nitrogens with one attached hydrogen (secondary N) is 1. The second-order valence-electron chi connectivity index (χ2n) is 6.25. The van der Waals surface area contributed by atoms with Gasteiger partial charge in [-0.3, -0.25) is 9.59 Å². The lowest BCUT2D eigenvalue weighted by Crippen LogP contribution is -2.25. The van der Waals surface area contributed by atoms with Gasteiger partial charge in [-0.15, -0.1) is 0 Å². The summed E-state index contributed by atoms with van der Waals surface area (Å²) in [6, 6.07) is 4.77. The van der Waals surface area contributed by atoms with Gasteiger partial charge in [-0.2, -0.15) is 18.3 Å². The Morgan fingerprint density at radius 2 is 1.96 bits per heavy atom. The number of ether oxygens (including phenoxy) is 1. The van der Waals surface area contributed by atoms with Crippen LogP contribution in [-0.2, 0) is 15.7 Å². The summed E-state index contributed by atoms with van der Waals surface area (Å²) in [6.07, 6.45) is -0.642. The van der Waals surface area contributed by atoms with Crippen LogP contribution < -0.4 is 5.32 Å². The highest BCUT2D eigenvalue weighted by atomic mass is 19.4. The average molecular weight is 397 g/mol. The van der Waals surface area contributed by atoms with E-state index >= 15 is 0 Å². The number of esters is 1. The number of benzene rings is 1. The highest BCUT2D eigenvalue weighted by Crippen LogP contribution is 2.30. The number of nitrogens with zero attached hydrogens (tertiary/aromatic N) is 2. The fraction of sp³-hybridized carbons (Fsp3) is 0.421. The number of methoxy groups -OCH3 is 1. The van der Waals surface area contributed by atoms with Crippen molar-refractivity contribution in [1.29, 1.82) is 0 Å². The van der Waals surface area contributed by atoms with Gasteiger partial charge in [-0.05, 0) is 38.0 Å². The third-order valence-electron chi connectivity index (χ3n) is 4.24. The van der Waals surface area contributed by atoms with Crippen LogP contribution in [0.1, 0.15) is 47.3 Å². The van der Waals surface area contributed by atoms with Gasteiger partial charge in [-0.25, -0.2) is 4.68 Å². The van der Waals surface area contributed by atoms with Crippen LogP contribution in [0.2, 0.25) is 0 Å². The molecule has 0 spiro atoms. The Hall–Kier alpha value is -2.84. The van der Waals surface area contributed by atoms with E-state index in [4.69, 9.17) is 0 Å². The Labute approximate surface area is 160 Å². The lowest BCUT2D eigenvalue weighted by Gasteiger charge is -2.10. The number of halogens is 3. The molecule has 1 aromatic heterocycles. The van der Waals surface area contributed by atoms with E-state index in [1.165, 1.54) is 30.1 Å². The predicted molar refractivity (Wildman–Crippen MR) is 96.1 cm³/mol. The molecule has 0 saturated carbocycles. The number of carbonyl (C=O) groups is 2. The maximum absolute atomic E-state index is 12.9. The van der Waals surface area contributed by atoms with Crippen LogP contribution in [-0.4, -0.2) is 35.3 Å². The minimum Gasteiger partial charge on any atom is -0.469 e. The fourth-order valence-electron chi connectivity index (χ4n) is 2.68. The quantitative estimate of drug-likeness (QED) is 0.545. The Bertz CT molecular complexity index is 831. The Morgan fingerprint density at radius 3 is 2.64 bits per heavy atom. The van der Waals surface area contributed by atoms with E-state index in [-0.39, 0.29) is 17.6 Å². The molecule has 0 atom stereocenters. The van der Waals surface area contributed by atoms with Gasteiger partial charge in [-0.1, -0.05) is 12.5 Å². The minimum atomic E-state index is -4.45. The molecule has 0 aliphatic rings. The van der Waals surface area contributed by atoms with Gasteiger partial charge in [0.15, 0.2) is 0 Å². The summed E-state index contributed by atoms with van der Waals surface area (Å²) in [7, 11) is 1.34. The zero-order valence-corrected chi connectivity index (χ0v) is 15.7. The molecule has 1 amide bonds. The van der Waals surface area contributed by atoms with Crippen molar-refractivity contribution in [3.63, 3.8) is 0 Å². The first kappa shape index (κ1) is 21.5. The highest BCUT2D eigenvalue weighted by molar-refractivity contribution is 5.95. The van der Waals surface area contributed by atoms with Crippen molar-refractivity contribution in [2.45, 2.75) is 38.8 Å². The third-order valence-corrected chi connectivity index (χ3v) is 4.24. The van der Waals surface area contributed by atoms with E-state index in [0.29, 0.717) is 37.1 Å². The molecule has 0 radical (unpaired) electrons. The van der Waals surface area contributed by atoms with Gasteiger partial charge in [0, 0.05) is 13.0 Å². The summed E-state index contributed by atoms with van der Waals surface area (Å²) >= 11 is 0. The number of alkyl halides is 3. The molecule has 1 heterocycles. The summed E-state index contributed by atoms with van der Waals surface area (Å²) < 4.78 is 44.5. The maximum Gasteiger partial charge on any atom is 0.416 e. The number of hydrogen-bond acceptors (Lipinski definition) is 4. The maximum atomic E-state index is 12.9. The summed E-state index contributed by atoms with van der Waals surface area (Å²) in [4.78, 5) is 23.3. The third kappa shape index (κ3) is 5.58. The van der Waals surface area contributed by atoms with Gasteiger partial charge in [0.25, 0.3) is 5.91 Å². The SMILES string of the molecule is COC(=O)CCCCCNC(=O)c1cnn(-c2cccc(C(F)(F)F)c2)c1C. The molecule has 0 bridgehead atoms. The second kappa shape index (κ2) is 9.38. The van der Waals surface area contributed by atoms with E-state index in [2.05, 4.69) is 15.2 Å². The molecular formula is C19H22F3N3O3. The van der Waals surface area contributed by atoms with E-state index in [1.54, 1.807) is 6.92 Å². The van der Waals surface area contributed by atoms with Crippen LogP contribution >= 0.6 is 0 Å². The molecule has 28 heavy (non-hydrogen) atoms. The number of rotatable bonds is 8. The molecule has 152 valence electrons. The number of aromatic nitrogens is 2. The first-order chi connectivity index (χ1) is 13.2. The van der Waals surface area contributed by atoms with Crippen molar-refractivity contribution in [2.24, 2.45) is 0 Å². The smallest absolute Gasteiger partial charge is 0.416 e. The van der Waals surface area contributed by atoms with E-state index in [1.807, 2.05) is 0 Å². The van der Waals surface area contributed by atoms with Crippen LogP contribution in [0.3, 0.4) is 0 Å². The molecule has 0 aliphatic carbocycles. The molecule has 2 aromatic rings. The summed E-state index contributed by atoms with van der Waals surface area (Å²) in [5, 5.41) is 6.81. The number of carbonyl (C=O) groups excluding carboxylic acids is 2. The topological polar surface area (TPSA) is 73.2 Å². The lowest BCUT2D eigenvalue weighted by atomic mass is 10.2. The van der Waals surface area contributed by atoms with Crippen LogP contribution in [0.4, 0.5) is 13.2 Å². The van der Waals surface area contributed by atoms with Crippen LogP contribution in [0.5, 0.6) is 0 Å². The Kier molecular flexibility index (Phi) is 7.19. The molecule has 1 N–H and O–H groups in total. The van der Waals surface area contributed by atoms with E-state index in [9.17, 15) is 22.8 Å². The Morgan fingerprint density at radius 1 is 1.21 bits per heavy atom. The van der Waals surface area contributed by atoms with Gasteiger partial charge < -0.3 is 10.1 Å². The number of unbranched alkanes of at least 4 members (excludes halogenated alkanes) is 2. The summed E-state index contributed by atoms with van der Waals surface area (Å²) in [5.74, 6) is -0.606. The van der Waals surface area contributed by atoms with Gasteiger partial charge in [0.1, 0.15) is 0 Å². The molecular weight excluding hydrogens is 375 g/mol. The van der Waals surface area contributed by atoms with Crippen LogP contribution in [0.25, 0.3) is 5.69 Å². The van der Waals surface area contributed by atoms with Crippen LogP contribution in [0, 0.1) is 6.92 Å². The predicted octanol–water partition coefficient (Wildman–Crippen LogP) is 3.66. The van der Waals surface area contributed by atoms with Crippen molar-refractivity contribution >= 4 is 11.9 Å². The summed E-state index contributed by atoms with van der Waals surface area (Å²) in [5.41, 5.74) is 0.196. The second-order valence-corrected chi connectivity index (χ2v) is 6.25. The van der Waals surface area contributed by atoms with Crippen molar-refractivity contribution in [3.8, 4) is 5.69 Å². The van der Waals surface area contributed by atoms with Crippen LogP contribution in [0.15, 0.2) is 30.5 Å². The monoisotopic (exact) mass is 397 g/mol. The van der Waals surface area contributed by atoms with Crippen molar-refractivity contribution in [1.82, 2.24) is 15.1 Å². The first-order valence-corrected chi connectivity index (χ1v) is 8.81. The molecule has 1 aromatic carbocycles. The lowest BCUT2D eigenvalue weighted by molar-refractivity contribution is -0.140. The molecule has 9 heteroatoms. The van der Waals surface area contributed by atoms with Gasteiger partial charge in [0.2, 0.25) is 0 Å². The average Bonchev–Trinajstić information content (AvgIpc) is 3.05. The van der Waals surface area contributed by atoms with E-state index in [0.717, 1.165) is 18.6 Å². The van der Waals surface area contributed by atoms with E-state index < -0.39 is 11.7 Å². The van der Waals surface area contributed by atoms with Crippen molar-refractivity contribution < 1.29 is 27.5 Å². The zero-order valence-electron chi connectivity index (χ0n) is 15.7. The molecule has 0 fully saturated rings. The van der Waals surface area contributed by atoms with Crippen molar-refractivity contribution in [3.05, 3.63) is 47.3 Å². The molecule has 2 rings (SSSR count). The normalized spacial score (nSPS) is 11.3. The van der Waals surface area contributed by atoms with Gasteiger partial charge >= 0.3 is 12.1 Å². The molecule has 0 unspecified atom stereocenters.